The van der Waals surface area contributed by atoms with Crippen molar-refractivity contribution in [2.45, 2.75) is 51.9 Å². The van der Waals surface area contributed by atoms with Crippen LogP contribution in [-0.4, -0.2) is 23.2 Å². The van der Waals surface area contributed by atoms with Crippen LogP contribution in [0.1, 0.15) is 39.5 Å². The predicted molar refractivity (Wildman–Crippen MR) is 64.6 cm³/mol. The Morgan fingerprint density at radius 1 is 0.952 bits per heavy atom. The van der Waals surface area contributed by atoms with Gasteiger partial charge in [0.25, 0.3) is 0 Å². The fourth-order valence-electron chi connectivity index (χ4n) is 1.92. The normalized spacial score (nSPS) is 14.1. The fourth-order valence-corrected chi connectivity index (χ4v) is 1.92. The highest BCUT2D eigenvalue weighted by atomic mass is 19.4. The second-order valence-electron chi connectivity index (χ2n) is 4.82. The lowest BCUT2D eigenvalue weighted by Crippen LogP contribution is -2.27. The van der Waals surface area contributed by atoms with Crippen LogP contribution in [0.2, 0.25) is 0 Å². The molecule has 0 amide bonds. The minimum atomic E-state index is -4.88. The Balaban J connectivity index is 5.15. The Bertz CT molecular complexity index is 350. The van der Waals surface area contributed by atoms with Crippen LogP contribution in [0.15, 0.2) is 11.8 Å². The zero-order valence-corrected chi connectivity index (χ0v) is 11.7. The third-order valence-corrected chi connectivity index (χ3v) is 3.05. The minimum absolute atomic E-state index is 0.426. The number of carbonyl (C=O) groups excluding carboxylic acids is 1. The summed E-state index contributed by atoms with van der Waals surface area (Å²) >= 11 is 0. The third-order valence-electron chi connectivity index (χ3n) is 3.05. The molecule has 0 aromatic rings. The van der Waals surface area contributed by atoms with Crippen LogP contribution in [0.3, 0.4) is 0 Å². The molecule has 2 nitrogen and oxygen atoms in total. The molecule has 0 heterocycles. The van der Waals surface area contributed by atoms with Gasteiger partial charge in [-0.2, -0.15) is 26.3 Å². The maximum atomic E-state index is 12.3. The molecule has 0 spiro atoms. The molecule has 0 saturated heterocycles. The Morgan fingerprint density at radius 3 is 1.62 bits per heavy atom. The molecule has 0 aliphatic carbocycles. The van der Waals surface area contributed by atoms with Crippen molar-refractivity contribution in [3.8, 4) is 0 Å². The first-order chi connectivity index (χ1) is 9.39. The van der Waals surface area contributed by atoms with Crippen molar-refractivity contribution in [3.63, 3.8) is 0 Å². The summed E-state index contributed by atoms with van der Waals surface area (Å²) in [6, 6.07) is 0. The van der Waals surface area contributed by atoms with Gasteiger partial charge in [-0.15, -0.1) is 0 Å². The molecule has 0 aromatic carbocycles. The van der Waals surface area contributed by atoms with Gasteiger partial charge in [-0.05, 0) is 12.8 Å². The molecule has 0 bridgehead atoms. The standard InChI is InChI=1S/C13H18F6O2/c1-3-8(4-2)10(20)5-11(21)9(6-12(14,15)16)7-13(17,18)19/h5,8-9,20H,3-4,6-7H2,1-2H3/b10-5-. The van der Waals surface area contributed by atoms with Crippen molar-refractivity contribution in [3.05, 3.63) is 11.8 Å². The molecule has 0 aromatic heterocycles. The number of rotatable bonds is 7. The Morgan fingerprint density at radius 2 is 1.33 bits per heavy atom. The smallest absolute Gasteiger partial charge is 0.389 e. The van der Waals surface area contributed by atoms with Gasteiger partial charge in [0.15, 0.2) is 5.78 Å². The van der Waals surface area contributed by atoms with Gasteiger partial charge in [-0.25, -0.2) is 0 Å². The molecule has 21 heavy (non-hydrogen) atoms. The molecule has 0 saturated carbocycles. The number of halogens is 6. The molecule has 0 atom stereocenters. The molecule has 1 N–H and O–H groups in total. The number of ketones is 1. The maximum Gasteiger partial charge on any atom is 0.389 e. The first kappa shape index (κ1) is 19.8. The van der Waals surface area contributed by atoms with Gasteiger partial charge < -0.3 is 5.11 Å². The van der Waals surface area contributed by atoms with Crippen molar-refractivity contribution in [2.75, 3.05) is 0 Å². The largest absolute Gasteiger partial charge is 0.512 e. The van der Waals surface area contributed by atoms with E-state index in [1.54, 1.807) is 13.8 Å². The lowest BCUT2D eigenvalue weighted by atomic mass is 9.92. The Labute approximate surface area is 118 Å². The lowest BCUT2D eigenvalue weighted by Gasteiger charge is -2.18. The van der Waals surface area contributed by atoms with Crippen molar-refractivity contribution in [1.82, 2.24) is 0 Å². The van der Waals surface area contributed by atoms with Crippen LogP contribution in [0, 0.1) is 11.8 Å². The van der Waals surface area contributed by atoms with Gasteiger partial charge >= 0.3 is 12.4 Å². The first-order valence-electron chi connectivity index (χ1n) is 6.47. The summed E-state index contributed by atoms with van der Waals surface area (Å²) in [5.41, 5.74) is 0. The number of aliphatic hydroxyl groups excluding tert-OH is 1. The van der Waals surface area contributed by atoms with Crippen LogP contribution < -0.4 is 0 Å². The quantitative estimate of drug-likeness (QED) is 0.409. The maximum absolute atomic E-state index is 12.3. The van der Waals surface area contributed by atoms with E-state index in [9.17, 15) is 36.2 Å². The molecule has 0 rings (SSSR count). The molecule has 0 aliphatic heterocycles. The number of hydrogen-bond donors (Lipinski definition) is 1. The van der Waals surface area contributed by atoms with Gasteiger partial charge in [-0.1, -0.05) is 13.8 Å². The SMILES string of the molecule is CCC(CC)/C(O)=C/C(=O)C(CC(F)(F)F)CC(F)(F)F. The van der Waals surface area contributed by atoms with E-state index in [1.165, 1.54) is 0 Å². The number of alkyl halides is 6. The summed E-state index contributed by atoms with van der Waals surface area (Å²) in [5.74, 6) is -4.54. The molecule has 124 valence electrons. The lowest BCUT2D eigenvalue weighted by molar-refractivity contribution is -0.176. The number of hydrogen-bond acceptors (Lipinski definition) is 2. The third kappa shape index (κ3) is 8.62. The zero-order valence-electron chi connectivity index (χ0n) is 11.7. The van der Waals surface area contributed by atoms with E-state index in [0.29, 0.717) is 18.9 Å². The van der Waals surface area contributed by atoms with Crippen LogP contribution in [0.5, 0.6) is 0 Å². The van der Waals surface area contributed by atoms with Gasteiger partial charge in [0, 0.05) is 17.9 Å². The molecule has 0 aliphatic rings. The van der Waals surface area contributed by atoms with E-state index in [-0.39, 0.29) is 0 Å². The van der Waals surface area contributed by atoms with Gasteiger partial charge in [0.2, 0.25) is 0 Å². The first-order valence-corrected chi connectivity index (χ1v) is 6.47. The molecule has 8 heteroatoms. The zero-order chi connectivity index (χ0) is 16.8. The summed E-state index contributed by atoms with van der Waals surface area (Å²) in [7, 11) is 0. The van der Waals surface area contributed by atoms with Crippen LogP contribution in [0.25, 0.3) is 0 Å². The van der Waals surface area contributed by atoms with E-state index in [2.05, 4.69) is 0 Å². The molecule has 0 fully saturated rings. The van der Waals surface area contributed by atoms with E-state index < -0.39 is 48.6 Å². The van der Waals surface area contributed by atoms with Gasteiger partial charge in [0.1, 0.15) is 0 Å². The van der Waals surface area contributed by atoms with E-state index >= 15 is 0 Å². The Hall–Kier alpha value is -1.21. The summed E-state index contributed by atoms with van der Waals surface area (Å²) in [5, 5.41) is 9.60. The second-order valence-corrected chi connectivity index (χ2v) is 4.82. The summed E-state index contributed by atoms with van der Waals surface area (Å²) in [6.45, 7) is 3.37. The molecular weight excluding hydrogens is 302 g/mol. The monoisotopic (exact) mass is 320 g/mol. The van der Waals surface area contributed by atoms with Gasteiger partial charge in [-0.3, -0.25) is 4.79 Å². The van der Waals surface area contributed by atoms with Crippen LogP contribution in [0.4, 0.5) is 26.3 Å². The highest BCUT2D eigenvalue weighted by Crippen LogP contribution is 2.34. The summed E-state index contributed by atoms with van der Waals surface area (Å²) in [4.78, 5) is 11.6. The number of carbonyl (C=O) groups is 1. The average molecular weight is 320 g/mol. The van der Waals surface area contributed by atoms with Gasteiger partial charge in [0.05, 0.1) is 18.6 Å². The second kappa shape index (κ2) is 7.70. The summed E-state index contributed by atoms with van der Waals surface area (Å²) < 4.78 is 73.6. The van der Waals surface area contributed by atoms with Crippen molar-refractivity contribution < 1.29 is 36.2 Å². The topological polar surface area (TPSA) is 37.3 Å². The fraction of sp³-hybridized carbons (Fsp3) is 0.769. The Kier molecular flexibility index (Phi) is 7.26. The van der Waals surface area contributed by atoms with Crippen LogP contribution in [-0.2, 0) is 4.79 Å². The van der Waals surface area contributed by atoms with Crippen molar-refractivity contribution in [2.24, 2.45) is 11.8 Å². The van der Waals surface area contributed by atoms with Crippen LogP contribution >= 0.6 is 0 Å². The highest BCUT2D eigenvalue weighted by molar-refractivity contribution is 5.92. The minimum Gasteiger partial charge on any atom is -0.512 e. The highest BCUT2D eigenvalue weighted by Gasteiger charge is 2.41. The summed E-state index contributed by atoms with van der Waals surface area (Å²) in [6.07, 6.45) is -12.1. The van der Waals surface area contributed by atoms with E-state index in [4.69, 9.17) is 0 Å². The molecular formula is C13H18F6O2. The average Bonchev–Trinajstić information content (AvgIpc) is 2.25. The number of allylic oxidation sites excluding steroid dienone is 2. The van der Waals surface area contributed by atoms with Crippen molar-refractivity contribution in [1.29, 1.82) is 0 Å². The molecule has 0 radical (unpaired) electrons. The number of aliphatic hydroxyl groups is 1. The molecule has 0 unspecified atom stereocenters. The van der Waals surface area contributed by atoms with E-state index in [0.717, 1.165) is 0 Å². The predicted octanol–water partition coefficient (Wildman–Crippen LogP) is 4.95. The van der Waals surface area contributed by atoms with Crippen molar-refractivity contribution >= 4 is 5.78 Å². The van der Waals surface area contributed by atoms with E-state index in [1.807, 2.05) is 0 Å².